The highest BCUT2D eigenvalue weighted by atomic mass is 32.1. The van der Waals surface area contributed by atoms with Crippen LogP contribution >= 0.6 is 11.3 Å². The fourth-order valence-electron chi connectivity index (χ4n) is 1.95. The number of nitrogens with zero attached hydrogens (tertiary/aromatic N) is 2. The molecule has 20 heavy (non-hydrogen) atoms. The molecule has 0 saturated carbocycles. The van der Waals surface area contributed by atoms with Crippen molar-refractivity contribution in [1.82, 2.24) is 15.3 Å². The molecule has 0 aromatic carbocycles. The Bertz CT molecular complexity index is 553. The average molecular weight is 289 g/mol. The lowest BCUT2D eigenvalue weighted by atomic mass is 9.91. The molecule has 3 nitrogen and oxygen atoms in total. The monoisotopic (exact) mass is 289 g/mol. The smallest absolute Gasteiger partial charge is 0.142 e. The molecule has 0 saturated heterocycles. The van der Waals surface area contributed by atoms with Gasteiger partial charge in [-0.3, -0.25) is 4.98 Å². The average Bonchev–Trinajstić information content (AvgIpc) is 2.81. The van der Waals surface area contributed by atoms with Gasteiger partial charge in [-0.05, 0) is 12.1 Å². The minimum Gasteiger partial charge on any atom is -0.310 e. The van der Waals surface area contributed by atoms with E-state index >= 15 is 0 Å². The standard InChI is InChI=1S/C16H23N3S/c1-11(2)18-10-13-14(16(3,4)5)19-15(20-13)12-8-6-7-9-17-12/h6-9,11,18H,10H2,1-5H3. The summed E-state index contributed by atoms with van der Waals surface area (Å²) in [5.74, 6) is 0. The summed E-state index contributed by atoms with van der Waals surface area (Å²) in [6.45, 7) is 11.8. The van der Waals surface area contributed by atoms with Gasteiger partial charge in [0, 0.05) is 29.1 Å². The summed E-state index contributed by atoms with van der Waals surface area (Å²) in [4.78, 5) is 10.6. The Morgan fingerprint density at radius 1 is 1.25 bits per heavy atom. The molecule has 1 N–H and O–H groups in total. The Hall–Kier alpha value is -1.26. The van der Waals surface area contributed by atoms with Crippen molar-refractivity contribution in [1.29, 1.82) is 0 Å². The van der Waals surface area contributed by atoms with Gasteiger partial charge in [-0.1, -0.05) is 40.7 Å². The first-order valence-electron chi connectivity index (χ1n) is 7.03. The van der Waals surface area contributed by atoms with Crippen molar-refractivity contribution in [2.24, 2.45) is 0 Å². The van der Waals surface area contributed by atoms with Gasteiger partial charge in [0.15, 0.2) is 0 Å². The molecule has 0 aliphatic carbocycles. The van der Waals surface area contributed by atoms with Crippen molar-refractivity contribution in [2.45, 2.75) is 52.6 Å². The second kappa shape index (κ2) is 6.02. The van der Waals surface area contributed by atoms with Gasteiger partial charge in [-0.2, -0.15) is 0 Å². The Morgan fingerprint density at radius 3 is 2.55 bits per heavy atom. The Balaban J connectivity index is 2.37. The quantitative estimate of drug-likeness (QED) is 0.924. The fraction of sp³-hybridized carbons (Fsp3) is 0.500. The van der Waals surface area contributed by atoms with Crippen molar-refractivity contribution < 1.29 is 0 Å². The van der Waals surface area contributed by atoms with Crippen molar-refractivity contribution >= 4 is 11.3 Å². The van der Waals surface area contributed by atoms with Crippen LogP contribution in [0.4, 0.5) is 0 Å². The summed E-state index contributed by atoms with van der Waals surface area (Å²) >= 11 is 1.75. The summed E-state index contributed by atoms with van der Waals surface area (Å²) in [7, 11) is 0. The van der Waals surface area contributed by atoms with Crippen LogP contribution in [-0.4, -0.2) is 16.0 Å². The van der Waals surface area contributed by atoms with E-state index in [1.165, 1.54) is 10.6 Å². The first-order valence-corrected chi connectivity index (χ1v) is 7.84. The number of nitrogens with one attached hydrogen (secondary N) is 1. The molecule has 0 aliphatic heterocycles. The number of hydrogen-bond acceptors (Lipinski definition) is 4. The number of aromatic nitrogens is 2. The number of thiazole rings is 1. The highest BCUT2D eigenvalue weighted by molar-refractivity contribution is 7.15. The zero-order valence-electron chi connectivity index (χ0n) is 12.9. The van der Waals surface area contributed by atoms with E-state index in [1.54, 1.807) is 11.3 Å². The molecule has 0 aliphatic rings. The van der Waals surface area contributed by atoms with Gasteiger partial charge >= 0.3 is 0 Å². The summed E-state index contributed by atoms with van der Waals surface area (Å²) in [5, 5.41) is 4.50. The van der Waals surface area contributed by atoms with E-state index in [0.29, 0.717) is 6.04 Å². The predicted molar refractivity (Wildman–Crippen MR) is 86.0 cm³/mol. The highest BCUT2D eigenvalue weighted by Crippen LogP contribution is 2.33. The van der Waals surface area contributed by atoms with Crippen LogP contribution in [0.15, 0.2) is 24.4 Å². The molecule has 0 fully saturated rings. The van der Waals surface area contributed by atoms with Crippen molar-refractivity contribution in [2.75, 3.05) is 0 Å². The van der Waals surface area contributed by atoms with Crippen LogP contribution in [0.1, 0.15) is 45.2 Å². The summed E-state index contributed by atoms with van der Waals surface area (Å²) in [6, 6.07) is 6.43. The number of hydrogen-bond donors (Lipinski definition) is 1. The van der Waals surface area contributed by atoms with Gasteiger partial charge in [-0.25, -0.2) is 4.98 Å². The number of rotatable bonds is 4. The fourth-order valence-corrected chi connectivity index (χ4v) is 3.15. The maximum atomic E-state index is 4.85. The lowest BCUT2D eigenvalue weighted by molar-refractivity contribution is 0.546. The second-order valence-corrected chi connectivity index (χ2v) is 7.38. The van der Waals surface area contributed by atoms with E-state index in [-0.39, 0.29) is 5.41 Å². The van der Waals surface area contributed by atoms with Gasteiger partial charge in [0.1, 0.15) is 5.01 Å². The highest BCUT2D eigenvalue weighted by Gasteiger charge is 2.23. The molecule has 0 radical (unpaired) electrons. The van der Waals surface area contributed by atoms with Crippen LogP contribution in [0.3, 0.4) is 0 Å². The van der Waals surface area contributed by atoms with E-state index in [4.69, 9.17) is 4.98 Å². The summed E-state index contributed by atoms with van der Waals surface area (Å²) < 4.78 is 0. The Morgan fingerprint density at radius 2 is 2.00 bits per heavy atom. The van der Waals surface area contributed by atoms with E-state index in [2.05, 4.69) is 44.9 Å². The molecule has 2 heterocycles. The second-order valence-electron chi connectivity index (χ2n) is 6.29. The largest absolute Gasteiger partial charge is 0.310 e. The third-order valence-electron chi connectivity index (χ3n) is 2.96. The van der Waals surface area contributed by atoms with Crippen LogP contribution in [0.2, 0.25) is 0 Å². The third-order valence-corrected chi connectivity index (χ3v) is 4.04. The van der Waals surface area contributed by atoms with E-state index < -0.39 is 0 Å². The molecule has 2 aromatic heterocycles. The zero-order chi connectivity index (χ0) is 14.8. The van der Waals surface area contributed by atoms with Crippen LogP contribution < -0.4 is 5.32 Å². The van der Waals surface area contributed by atoms with Gasteiger partial charge in [0.25, 0.3) is 0 Å². The zero-order valence-corrected chi connectivity index (χ0v) is 13.7. The maximum absolute atomic E-state index is 4.85. The van der Waals surface area contributed by atoms with Gasteiger partial charge < -0.3 is 5.32 Å². The van der Waals surface area contributed by atoms with Crippen LogP contribution in [0, 0.1) is 0 Å². The van der Waals surface area contributed by atoms with Gasteiger partial charge in [0.2, 0.25) is 0 Å². The summed E-state index contributed by atoms with van der Waals surface area (Å²) in [5.41, 5.74) is 2.19. The maximum Gasteiger partial charge on any atom is 0.142 e. The molecule has 2 aromatic rings. The molecule has 0 spiro atoms. The minimum absolute atomic E-state index is 0.0531. The van der Waals surface area contributed by atoms with Crippen molar-refractivity contribution in [3.63, 3.8) is 0 Å². The van der Waals surface area contributed by atoms with Crippen molar-refractivity contribution in [3.05, 3.63) is 35.0 Å². The van der Waals surface area contributed by atoms with E-state index in [1.807, 2.05) is 24.4 Å². The van der Waals surface area contributed by atoms with Crippen molar-refractivity contribution in [3.8, 4) is 10.7 Å². The first-order chi connectivity index (χ1) is 9.38. The topological polar surface area (TPSA) is 37.8 Å². The van der Waals surface area contributed by atoms with Crippen LogP contribution in [0.5, 0.6) is 0 Å². The molecular weight excluding hydrogens is 266 g/mol. The summed E-state index contributed by atoms with van der Waals surface area (Å²) in [6.07, 6.45) is 1.82. The molecule has 0 amide bonds. The third kappa shape index (κ3) is 3.64. The lowest BCUT2D eigenvalue weighted by Crippen LogP contribution is -2.23. The van der Waals surface area contributed by atoms with E-state index in [0.717, 1.165) is 17.2 Å². The molecule has 108 valence electrons. The Labute approximate surface area is 125 Å². The SMILES string of the molecule is CC(C)NCc1sc(-c2ccccn2)nc1C(C)(C)C. The molecule has 2 rings (SSSR count). The van der Waals surface area contributed by atoms with E-state index in [9.17, 15) is 0 Å². The molecule has 0 bridgehead atoms. The normalized spacial score (nSPS) is 12.1. The first kappa shape index (κ1) is 15.1. The number of pyridine rings is 1. The van der Waals surface area contributed by atoms with Crippen LogP contribution in [0.25, 0.3) is 10.7 Å². The molecular formula is C16H23N3S. The molecule has 0 unspecified atom stereocenters. The predicted octanol–water partition coefficient (Wildman–Crippen LogP) is 4.00. The lowest BCUT2D eigenvalue weighted by Gasteiger charge is -2.18. The van der Waals surface area contributed by atoms with Gasteiger partial charge in [-0.15, -0.1) is 11.3 Å². The Kier molecular flexibility index (Phi) is 4.55. The minimum atomic E-state index is 0.0531. The molecule has 4 heteroatoms. The van der Waals surface area contributed by atoms with Crippen LogP contribution in [-0.2, 0) is 12.0 Å². The van der Waals surface area contributed by atoms with Gasteiger partial charge in [0.05, 0.1) is 11.4 Å². The molecule has 0 atom stereocenters.